The summed E-state index contributed by atoms with van der Waals surface area (Å²) >= 11 is 0. The smallest absolute Gasteiger partial charge is 0.151 e. The van der Waals surface area contributed by atoms with Crippen LogP contribution < -0.4 is 5.32 Å². The first-order chi connectivity index (χ1) is 8.35. The molecule has 0 spiro atoms. The van der Waals surface area contributed by atoms with E-state index in [-0.39, 0.29) is 23.6 Å². The predicted octanol–water partition coefficient (Wildman–Crippen LogP) is 2.47. The molecule has 0 saturated carbocycles. The van der Waals surface area contributed by atoms with Gasteiger partial charge >= 0.3 is 0 Å². The van der Waals surface area contributed by atoms with E-state index in [0.717, 1.165) is 0 Å². The monoisotopic (exact) mass is 269 g/mol. The second-order valence-electron chi connectivity index (χ2n) is 4.84. The molecule has 1 aromatic carbocycles. The average Bonchev–Trinajstić information content (AvgIpc) is 2.28. The summed E-state index contributed by atoms with van der Waals surface area (Å²) in [5, 5.41) is 3.35. The van der Waals surface area contributed by atoms with Gasteiger partial charge in [0.15, 0.2) is 9.84 Å². The Morgan fingerprint density at radius 1 is 1.22 bits per heavy atom. The SMILES string of the molecule is CCS(=O)(=O)CC(C)N[C@@H](C)c1ccccc1C. The summed E-state index contributed by atoms with van der Waals surface area (Å²) < 4.78 is 23.1. The van der Waals surface area contributed by atoms with E-state index < -0.39 is 9.84 Å². The third kappa shape index (κ3) is 4.42. The Kier molecular flexibility index (Phi) is 5.35. The van der Waals surface area contributed by atoms with Crippen LogP contribution >= 0.6 is 0 Å². The van der Waals surface area contributed by atoms with Gasteiger partial charge in [0.2, 0.25) is 0 Å². The molecule has 1 unspecified atom stereocenters. The molecule has 1 N–H and O–H groups in total. The quantitative estimate of drug-likeness (QED) is 0.863. The lowest BCUT2D eigenvalue weighted by Gasteiger charge is -2.21. The van der Waals surface area contributed by atoms with E-state index in [2.05, 4.69) is 31.3 Å². The van der Waals surface area contributed by atoms with Crippen LogP contribution in [0, 0.1) is 6.92 Å². The van der Waals surface area contributed by atoms with Crippen molar-refractivity contribution in [3.63, 3.8) is 0 Å². The Bertz CT molecular complexity index is 482. The van der Waals surface area contributed by atoms with Gasteiger partial charge in [-0.3, -0.25) is 0 Å². The van der Waals surface area contributed by atoms with E-state index in [0.29, 0.717) is 0 Å². The molecule has 0 saturated heterocycles. The molecular weight excluding hydrogens is 246 g/mol. The highest BCUT2D eigenvalue weighted by Gasteiger charge is 2.16. The van der Waals surface area contributed by atoms with Gasteiger partial charge in [-0.25, -0.2) is 8.42 Å². The Morgan fingerprint density at radius 2 is 1.83 bits per heavy atom. The second kappa shape index (κ2) is 6.34. The maximum atomic E-state index is 11.6. The first-order valence-corrected chi connectivity index (χ1v) is 8.20. The molecular formula is C14H23NO2S. The zero-order valence-corrected chi connectivity index (χ0v) is 12.4. The van der Waals surface area contributed by atoms with E-state index in [1.54, 1.807) is 6.92 Å². The highest BCUT2D eigenvalue weighted by atomic mass is 32.2. The Balaban J connectivity index is 2.66. The standard InChI is InChI=1S/C14H23NO2S/c1-5-18(16,17)10-12(3)15-13(4)14-9-7-6-8-11(14)2/h6-9,12-13,15H,5,10H2,1-4H3/t12?,13-/m0/s1. The molecule has 0 amide bonds. The zero-order valence-electron chi connectivity index (χ0n) is 11.6. The van der Waals surface area contributed by atoms with Crippen LogP contribution in [0.25, 0.3) is 0 Å². The molecule has 0 radical (unpaired) electrons. The topological polar surface area (TPSA) is 46.2 Å². The summed E-state index contributed by atoms with van der Waals surface area (Å²) in [6, 6.07) is 8.29. The van der Waals surface area contributed by atoms with E-state index in [4.69, 9.17) is 0 Å². The highest BCUT2D eigenvalue weighted by molar-refractivity contribution is 7.91. The molecule has 4 heteroatoms. The van der Waals surface area contributed by atoms with Crippen LogP contribution in [0.1, 0.15) is 37.9 Å². The maximum absolute atomic E-state index is 11.6. The van der Waals surface area contributed by atoms with Gasteiger partial charge in [-0.05, 0) is 31.9 Å². The summed E-state index contributed by atoms with van der Waals surface area (Å²) in [6.45, 7) is 7.74. The predicted molar refractivity (Wildman–Crippen MR) is 76.5 cm³/mol. The molecule has 0 aliphatic heterocycles. The molecule has 0 aliphatic rings. The lowest BCUT2D eigenvalue weighted by molar-refractivity contribution is 0.498. The van der Waals surface area contributed by atoms with Gasteiger partial charge in [-0.2, -0.15) is 0 Å². The van der Waals surface area contributed by atoms with E-state index >= 15 is 0 Å². The minimum absolute atomic E-state index is 0.0374. The summed E-state index contributed by atoms with van der Waals surface area (Å²) in [5.74, 6) is 0.400. The van der Waals surface area contributed by atoms with Crippen molar-refractivity contribution in [3.8, 4) is 0 Å². The molecule has 0 fully saturated rings. The largest absolute Gasteiger partial charge is 0.307 e. The van der Waals surface area contributed by atoms with Crippen LogP contribution in [0.2, 0.25) is 0 Å². The summed E-state index contributed by atoms with van der Waals surface area (Å²) in [6.07, 6.45) is 0. The average molecular weight is 269 g/mol. The van der Waals surface area contributed by atoms with Crippen LogP contribution in [0.15, 0.2) is 24.3 Å². The van der Waals surface area contributed by atoms with E-state index in [1.807, 2.05) is 19.1 Å². The number of rotatable bonds is 6. The molecule has 1 rings (SSSR count). The number of aryl methyl sites for hydroxylation is 1. The van der Waals surface area contributed by atoms with Crippen molar-refractivity contribution in [2.75, 3.05) is 11.5 Å². The van der Waals surface area contributed by atoms with E-state index in [9.17, 15) is 8.42 Å². The van der Waals surface area contributed by atoms with Crippen molar-refractivity contribution < 1.29 is 8.42 Å². The van der Waals surface area contributed by atoms with Crippen molar-refractivity contribution in [1.82, 2.24) is 5.32 Å². The molecule has 0 bridgehead atoms. The first kappa shape index (κ1) is 15.2. The zero-order chi connectivity index (χ0) is 13.8. The number of hydrogen-bond acceptors (Lipinski definition) is 3. The third-order valence-electron chi connectivity index (χ3n) is 3.13. The fourth-order valence-electron chi connectivity index (χ4n) is 2.14. The Hall–Kier alpha value is -0.870. The highest BCUT2D eigenvalue weighted by Crippen LogP contribution is 2.17. The summed E-state index contributed by atoms with van der Waals surface area (Å²) in [4.78, 5) is 0. The number of nitrogens with one attached hydrogen (secondary N) is 1. The number of benzene rings is 1. The maximum Gasteiger partial charge on any atom is 0.151 e. The van der Waals surface area contributed by atoms with Gasteiger partial charge in [-0.1, -0.05) is 31.2 Å². The van der Waals surface area contributed by atoms with Crippen LogP contribution in [0.5, 0.6) is 0 Å². The molecule has 18 heavy (non-hydrogen) atoms. The Labute approximate surface area is 111 Å². The van der Waals surface area contributed by atoms with E-state index in [1.165, 1.54) is 11.1 Å². The van der Waals surface area contributed by atoms with Gasteiger partial charge in [-0.15, -0.1) is 0 Å². The van der Waals surface area contributed by atoms with Crippen molar-refractivity contribution in [2.24, 2.45) is 0 Å². The van der Waals surface area contributed by atoms with Crippen LogP contribution in [-0.4, -0.2) is 26.0 Å². The molecule has 1 aromatic rings. The van der Waals surface area contributed by atoms with Crippen molar-refractivity contribution in [3.05, 3.63) is 35.4 Å². The molecule has 3 nitrogen and oxygen atoms in total. The second-order valence-corrected chi connectivity index (χ2v) is 7.24. The molecule has 0 aromatic heterocycles. The lowest BCUT2D eigenvalue weighted by atomic mass is 10.0. The van der Waals surface area contributed by atoms with Gasteiger partial charge in [0, 0.05) is 17.8 Å². The van der Waals surface area contributed by atoms with Gasteiger partial charge in [0.1, 0.15) is 0 Å². The van der Waals surface area contributed by atoms with Gasteiger partial charge in [0.25, 0.3) is 0 Å². The minimum atomic E-state index is -2.92. The van der Waals surface area contributed by atoms with Gasteiger partial charge in [0.05, 0.1) is 5.75 Å². The summed E-state index contributed by atoms with van der Waals surface area (Å²) in [5.41, 5.74) is 2.45. The first-order valence-electron chi connectivity index (χ1n) is 6.37. The van der Waals surface area contributed by atoms with Crippen molar-refractivity contribution >= 4 is 9.84 Å². The number of sulfone groups is 1. The lowest BCUT2D eigenvalue weighted by Crippen LogP contribution is -2.35. The van der Waals surface area contributed by atoms with Crippen LogP contribution in [0.3, 0.4) is 0 Å². The third-order valence-corrected chi connectivity index (χ3v) is 5.02. The van der Waals surface area contributed by atoms with Crippen LogP contribution in [-0.2, 0) is 9.84 Å². The normalized spacial score (nSPS) is 15.3. The van der Waals surface area contributed by atoms with Crippen molar-refractivity contribution in [2.45, 2.75) is 39.8 Å². The molecule has 102 valence electrons. The van der Waals surface area contributed by atoms with Crippen molar-refractivity contribution in [1.29, 1.82) is 0 Å². The fourth-order valence-corrected chi connectivity index (χ4v) is 3.23. The number of hydrogen-bond donors (Lipinski definition) is 1. The summed E-state index contributed by atoms with van der Waals surface area (Å²) in [7, 11) is -2.92. The fraction of sp³-hybridized carbons (Fsp3) is 0.571. The molecule has 0 aliphatic carbocycles. The molecule has 0 heterocycles. The molecule has 2 atom stereocenters. The van der Waals surface area contributed by atoms with Crippen LogP contribution in [0.4, 0.5) is 0 Å². The minimum Gasteiger partial charge on any atom is -0.307 e. The Morgan fingerprint density at radius 3 is 2.39 bits per heavy atom. The van der Waals surface area contributed by atoms with Gasteiger partial charge < -0.3 is 5.32 Å².